The van der Waals surface area contributed by atoms with E-state index in [1.54, 1.807) is 27.4 Å². The predicted octanol–water partition coefficient (Wildman–Crippen LogP) is 2.28. The van der Waals surface area contributed by atoms with E-state index in [1.165, 1.54) is 0 Å². The van der Waals surface area contributed by atoms with Crippen molar-refractivity contribution in [1.29, 1.82) is 0 Å². The lowest BCUT2D eigenvalue weighted by Gasteiger charge is -2.11. The highest BCUT2D eigenvalue weighted by atomic mass is 16.5. The van der Waals surface area contributed by atoms with Crippen LogP contribution in [0.15, 0.2) is 42.5 Å². The van der Waals surface area contributed by atoms with Crippen molar-refractivity contribution in [2.24, 2.45) is 11.8 Å². The second-order valence-corrected chi connectivity index (χ2v) is 6.89. The van der Waals surface area contributed by atoms with Crippen LogP contribution >= 0.6 is 0 Å². The van der Waals surface area contributed by atoms with Crippen LogP contribution in [0, 0.1) is 11.8 Å². The third-order valence-corrected chi connectivity index (χ3v) is 5.02. The highest BCUT2D eigenvalue weighted by Gasteiger charge is 2.47. The third kappa shape index (κ3) is 4.99. The topological polar surface area (TPSA) is 85.9 Å². The van der Waals surface area contributed by atoms with Gasteiger partial charge in [0.1, 0.15) is 5.75 Å². The Morgan fingerprint density at radius 3 is 2.10 bits per heavy atom. The van der Waals surface area contributed by atoms with Gasteiger partial charge in [-0.15, -0.1) is 0 Å². The minimum atomic E-state index is -0.284. The number of para-hydroxylation sites is 1. The first-order valence-corrected chi connectivity index (χ1v) is 9.45. The monoisotopic (exact) mass is 398 g/mol. The molecule has 0 radical (unpaired) electrons. The molecule has 0 bridgehead atoms. The van der Waals surface area contributed by atoms with Gasteiger partial charge in [-0.3, -0.25) is 9.59 Å². The standard InChI is InChI=1S/C22H26N2O5/c1-27-18-7-5-4-6-15(18)13-24-22(26)17-11-16(17)21(25)23-12-14-8-9-19(28-2)20(10-14)29-3/h4-10,16-17H,11-13H2,1-3H3,(H,23,25)(H,24,26). The van der Waals surface area contributed by atoms with E-state index in [1.807, 2.05) is 36.4 Å². The Balaban J connectivity index is 1.47. The van der Waals surface area contributed by atoms with Gasteiger partial charge in [-0.25, -0.2) is 0 Å². The number of carbonyl (C=O) groups is 2. The van der Waals surface area contributed by atoms with Crippen molar-refractivity contribution in [2.75, 3.05) is 21.3 Å². The summed E-state index contributed by atoms with van der Waals surface area (Å²) in [5.41, 5.74) is 1.80. The lowest BCUT2D eigenvalue weighted by Crippen LogP contribution is -2.29. The average Bonchev–Trinajstić information content (AvgIpc) is 3.56. The molecular formula is C22H26N2O5. The fourth-order valence-corrected chi connectivity index (χ4v) is 3.25. The summed E-state index contributed by atoms with van der Waals surface area (Å²) < 4.78 is 15.8. The number of hydrogen-bond acceptors (Lipinski definition) is 5. The SMILES string of the molecule is COc1ccccc1CNC(=O)C1CC1C(=O)NCc1ccc(OC)c(OC)c1. The van der Waals surface area contributed by atoms with Gasteiger partial charge >= 0.3 is 0 Å². The number of rotatable bonds is 9. The predicted molar refractivity (Wildman–Crippen MR) is 108 cm³/mol. The van der Waals surface area contributed by atoms with E-state index in [2.05, 4.69) is 10.6 Å². The molecule has 2 aromatic rings. The van der Waals surface area contributed by atoms with E-state index in [4.69, 9.17) is 14.2 Å². The maximum Gasteiger partial charge on any atom is 0.224 e. The Labute approximate surface area is 170 Å². The molecule has 154 valence electrons. The summed E-state index contributed by atoms with van der Waals surface area (Å²) in [6.07, 6.45) is 0.565. The number of methoxy groups -OCH3 is 3. The molecule has 2 N–H and O–H groups in total. The summed E-state index contributed by atoms with van der Waals surface area (Å²) in [4.78, 5) is 24.7. The number of carbonyl (C=O) groups excluding carboxylic acids is 2. The Kier molecular flexibility index (Phi) is 6.59. The Morgan fingerprint density at radius 1 is 0.828 bits per heavy atom. The molecule has 1 saturated carbocycles. The summed E-state index contributed by atoms with van der Waals surface area (Å²) in [5.74, 6) is 1.19. The van der Waals surface area contributed by atoms with Crippen molar-refractivity contribution >= 4 is 11.8 Å². The van der Waals surface area contributed by atoms with Crippen molar-refractivity contribution in [2.45, 2.75) is 19.5 Å². The van der Waals surface area contributed by atoms with Crippen LogP contribution in [0.25, 0.3) is 0 Å². The lowest BCUT2D eigenvalue weighted by atomic mass is 10.2. The van der Waals surface area contributed by atoms with Crippen LogP contribution in [0.4, 0.5) is 0 Å². The molecule has 7 nitrogen and oxygen atoms in total. The largest absolute Gasteiger partial charge is 0.496 e. The second kappa shape index (κ2) is 9.32. The zero-order valence-corrected chi connectivity index (χ0v) is 16.9. The number of nitrogens with one attached hydrogen (secondary N) is 2. The van der Waals surface area contributed by atoms with Crippen LogP contribution in [0.2, 0.25) is 0 Å². The molecule has 2 unspecified atom stereocenters. The van der Waals surface area contributed by atoms with Gasteiger partial charge in [0.2, 0.25) is 11.8 Å². The Hall–Kier alpha value is -3.22. The summed E-state index contributed by atoms with van der Waals surface area (Å²) in [7, 11) is 4.74. The van der Waals surface area contributed by atoms with Crippen molar-refractivity contribution in [1.82, 2.24) is 10.6 Å². The van der Waals surface area contributed by atoms with E-state index in [0.29, 0.717) is 31.0 Å². The summed E-state index contributed by atoms with van der Waals surface area (Å²) in [6, 6.07) is 13.0. The number of amides is 2. The zero-order valence-electron chi connectivity index (χ0n) is 16.9. The minimum absolute atomic E-state index is 0.109. The maximum atomic E-state index is 12.4. The Bertz CT molecular complexity index is 883. The third-order valence-electron chi connectivity index (χ3n) is 5.02. The molecule has 0 saturated heterocycles. The first-order valence-electron chi connectivity index (χ1n) is 9.45. The first-order chi connectivity index (χ1) is 14.1. The van der Waals surface area contributed by atoms with Gasteiger partial charge in [0, 0.05) is 18.7 Å². The molecule has 0 spiro atoms. The Morgan fingerprint density at radius 2 is 1.45 bits per heavy atom. The van der Waals surface area contributed by atoms with Crippen LogP contribution < -0.4 is 24.8 Å². The summed E-state index contributed by atoms with van der Waals surface area (Å²) in [6.45, 7) is 0.741. The van der Waals surface area contributed by atoms with Crippen LogP contribution in [0.3, 0.4) is 0 Å². The maximum absolute atomic E-state index is 12.4. The van der Waals surface area contributed by atoms with Gasteiger partial charge in [0.15, 0.2) is 11.5 Å². The molecule has 0 aromatic heterocycles. The van der Waals surface area contributed by atoms with E-state index < -0.39 is 0 Å². The molecule has 1 fully saturated rings. The van der Waals surface area contributed by atoms with Gasteiger partial charge in [-0.2, -0.15) is 0 Å². The minimum Gasteiger partial charge on any atom is -0.496 e. The molecular weight excluding hydrogens is 372 g/mol. The van der Waals surface area contributed by atoms with Crippen molar-refractivity contribution in [3.05, 3.63) is 53.6 Å². The summed E-state index contributed by atoms with van der Waals surface area (Å²) >= 11 is 0. The van der Waals surface area contributed by atoms with Gasteiger partial charge in [0.25, 0.3) is 0 Å². The molecule has 0 aliphatic heterocycles. The number of ether oxygens (including phenoxy) is 3. The van der Waals surface area contributed by atoms with Crippen LogP contribution in [-0.4, -0.2) is 33.1 Å². The number of benzene rings is 2. The van der Waals surface area contributed by atoms with E-state index in [9.17, 15) is 9.59 Å². The van der Waals surface area contributed by atoms with Crippen LogP contribution in [-0.2, 0) is 22.7 Å². The van der Waals surface area contributed by atoms with Gasteiger partial charge < -0.3 is 24.8 Å². The molecule has 2 aromatic carbocycles. The van der Waals surface area contributed by atoms with E-state index >= 15 is 0 Å². The second-order valence-electron chi connectivity index (χ2n) is 6.89. The average molecular weight is 398 g/mol. The quantitative estimate of drug-likeness (QED) is 0.677. The molecule has 7 heteroatoms. The summed E-state index contributed by atoms with van der Waals surface area (Å²) in [5, 5.41) is 5.78. The molecule has 29 heavy (non-hydrogen) atoms. The van der Waals surface area contributed by atoms with Crippen molar-refractivity contribution in [3.8, 4) is 17.2 Å². The fraction of sp³-hybridized carbons (Fsp3) is 0.364. The molecule has 1 aliphatic rings. The van der Waals surface area contributed by atoms with E-state index in [-0.39, 0.29) is 23.7 Å². The molecule has 2 amide bonds. The highest BCUT2D eigenvalue weighted by Crippen LogP contribution is 2.39. The zero-order chi connectivity index (χ0) is 20.8. The van der Waals surface area contributed by atoms with Gasteiger partial charge in [0.05, 0.1) is 33.2 Å². The molecule has 0 heterocycles. The molecule has 1 aliphatic carbocycles. The highest BCUT2D eigenvalue weighted by molar-refractivity contribution is 5.92. The lowest BCUT2D eigenvalue weighted by molar-refractivity contribution is -0.127. The van der Waals surface area contributed by atoms with Crippen LogP contribution in [0.1, 0.15) is 17.5 Å². The normalized spacial score (nSPS) is 17.2. The fourth-order valence-electron chi connectivity index (χ4n) is 3.25. The molecule has 2 atom stereocenters. The van der Waals surface area contributed by atoms with Crippen LogP contribution in [0.5, 0.6) is 17.2 Å². The van der Waals surface area contributed by atoms with E-state index in [0.717, 1.165) is 16.9 Å². The van der Waals surface area contributed by atoms with Crippen molar-refractivity contribution in [3.63, 3.8) is 0 Å². The van der Waals surface area contributed by atoms with Gasteiger partial charge in [-0.1, -0.05) is 24.3 Å². The van der Waals surface area contributed by atoms with Crippen molar-refractivity contribution < 1.29 is 23.8 Å². The first kappa shape index (κ1) is 20.5. The smallest absolute Gasteiger partial charge is 0.224 e. The molecule has 3 rings (SSSR count). The van der Waals surface area contributed by atoms with Gasteiger partial charge in [-0.05, 0) is 30.2 Å². The number of hydrogen-bond donors (Lipinski definition) is 2.